The highest BCUT2D eigenvalue weighted by Crippen LogP contribution is 2.28. The number of carbonyl (C=O) groups is 1. The monoisotopic (exact) mass is 293 g/mol. The summed E-state index contributed by atoms with van der Waals surface area (Å²) in [6.07, 6.45) is 2.46. The summed E-state index contributed by atoms with van der Waals surface area (Å²) >= 11 is 4.83. The Hall–Kier alpha value is -2.02. The van der Waals surface area contributed by atoms with Crippen LogP contribution in [0.3, 0.4) is 0 Å². The van der Waals surface area contributed by atoms with Crippen molar-refractivity contribution in [3.8, 4) is 0 Å². The molecule has 1 saturated carbocycles. The number of nitro benzene ring substituents is 1. The fraction of sp³-hybridized carbons (Fsp3) is 0.385. The summed E-state index contributed by atoms with van der Waals surface area (Å²) in [5.41, 5.74) is 5.90. The lowest BCUT2D eigenvalue weighted by Crippen LogP contribution is -2.35. The number of nitro groups is 1. The highest BCUT2D eigenvalue weighted by Gasteiger charge is 2.32. The van der Waals surface area contributed by atoms with Crippen molar-refractivity contribution in [1.29, 1.82) is 0 Å². The molecule has 20 heavy (non-hydrogen) atoms. The largest absolute Gasteiger partial charge is 0.393 e. The molecule has 0 bridgehead atoms. The molecule has 1 aliphatic carbocycles. The van der Waals surface area contributed by atoms with Crippen LogP contribution in [0.15, 0.2) is 24.3 Å². The van der Waals surface area contributed by atoms with Crippen LogP contribution in [0.2, 0.25) is 0 Å². The van der Waals surface area contributed by atoms with Gasteiger partial charge in [0, 0.05) is 36.7 Å². The zero-order valence-electron chi connectivity index (χ0n) is 10.8. The smallest absolute Gasteiger partial charge is 0.269 e. The SMILES string of the molecule is NC(=S)CCN(C(=O)c1ccc([N+](=O)[O-])cc1)C1CC1. The summed E-state index contributed by atoms with van der Waals surface area (Å²) in [7, 11) is 0. The van der Waals surface area contributed by atoms with Gasteiger partial charge in [0.05, 0.1) is 9.91 Å². The van der Waals surface area contributed by atoms with Crippen molar-refractivity contribution in [1.82, 2.24) is 4.90 Å². The van der Waals surface area contributed by atoms with Gasteiger partial charge in [0.15, 0.2) is 0 Å². The quantitative estimate of drug-likeness (QED) is 0.491. The Bertz CT molecular complexity index is 540. The molecule has 2 N–H and O–H groups in total. The molecule has 1 aromatic rings. The number of benzene rings is 1. The zero-order valence-corrected chi connectivity index (χ0v) is 11.6. The Labute approximate surface area is 121 Å². The molecule has 1 amide bonds. The lowest BCUT2D eigenvalue weighted by Gasteiger charge is -2.22. The van der Waals surface area contributed by atoms with Gasteiger partial charge in [0.2, 0.25) is 0 Å². The molecule has 0 radical (unpaired) electrons. The van der Waals surface area contributed by atoms with Crippen LogP contribution in [0.25, 0.3) is 0 Å². The highest BCUT2D eigenvalue weighted by molar-refractivity contribution is 7.80. The minimum Gasteiger partial charge on any atom is -0.393 e. The number of non-ortho nitro benzene ring substituents is 1. The van der Waals surface area contributed by atoms with Crippen molar-refractivity contribution < 1.29 is 9.72 Å². The fourth-order valence-corrected chi connectivity index (χ4v) is 2.05. The Morgan fingerprint density at radius 2 is 2.00 bits per heavy atom. The van der Waals surface area contributed by atoms with Crippen molar-refractivity contribution in [2.45, 2.75) is 25.3 Å². The molecule has 0 unspecified atom stereocenters. The first kappa shape index (κ1) is 14.4. The normalized spacial score (nSPS) is 13.8. The molecule has 6 nitrogen and oxygen atoms in total. The van der Waals surface area contributed by atoms with E-state index in [0.717, 1.165) is 12.8 Å². The van der Waals surface area contributed by atoms with Crippen molar-refractivity contribution in [3.63, 3.8) is 0 Å². The Morgan fingerprint density at radius 3 is 2.45 bits per heavy atom. The predicted octanol–water partition coefficient (Wildman–Crippen LogP) is 1.88. The molecule has 1 fully saturated rings. The first-order chi connectivity index (χ1) is 9.49. The highest BCUT2D eigenvalue weighted by atomic mass is 32.1. The van der Waals surface area contributed by atoms with Gasteiger partial charge in [-0.3, -0.25) is 14.9 Å². The van der Waals surface area contributed by atoms with Crippen LogP contribution in [-0.4, -0.2) is 33.3 Å². The van der Waals surface area contributed by atoms with Crippen LogP contribution in [0.1, 0.15) is 29.6 Å². The fourth-order valence-electron chi connectivity index (χ4n) is 1.96. The minimum absolute atomic E-state index is 0.0253. The maximum Gasteiger partial charge on any atom is 0.269 e. The van der Waals surface area contributed by atoms with Gasteiger partial charge in [0.1, 0.15) is 0 Å². The van der Waals surface area contributed by atoms with Gasteiger partial charge >= 0.3 is 0 Å². The molecule has 1 aliphatic rings. The molecule has 0 spiro atoms. The van der Waals surface area contributed by atoms with Crippen LogP contribution in [-0.2, 0) is 0 Å². The second-order valence-corrected chi connectivity index (χ2v) is 5.27. The third-order valence-electron chi connectivity index (χ3n) is 3.17. The van der Waals surface area contributed by atoms with Crippen LogP contribution in [0, 0.1) is 10.1 Å². The van der Waals surface area contributed by atoms with E-state index in [2.05, 4.69) is 0 Å². The molecule has 0 atom stereocenters. The standard InChI is InChI=1S/C13H15N3O3S/c14-12(20)7-8-15(10-5-6-10)13(17)9-1-3-11(4-2-9)16(18)19/h1-4,10H,5-8H2,(H2,14,20). The summed E-state index contributed by atoms with van der Waals surface area (Å²) in [6.45, 7) is 0.496. The predicted molar refractivity (Wildman–Crippen MR) is 78.6 cm³/mol. The van der Waals surface area contributed by atoms with E-state index in [9.17, 15) is 14.9 Å². The molecule has 2 rings (SSSR count). The van der Waals surface area contributed by atoms with Crippen molar-refractivity contribution >= 4 is 28.8 Å². The van der Waals surface area contributed by atoms with Crippen molar-refractivity contribution in [2.75, 3.05) is 6.54 Å². The second-order valence-electron chi connectivity index (χ2n) is 4.75. The maximum absolute atomic E-state index is 12.4. The molecule has 1 aromatic carbocycles. The van der Waals surface area contributed by atoms with Crippen LogP contribution < -0.4 is 5.73 Å². The van der Waals surface area contributed by atoms with Gasteiger partial charge < -0.3 is 10.6 Å². The lowest BCUT2D eigenvalue weighted by atomic mass is 10.1. The van der Waals surface area contributed by atoms with E-state index in [-0.39, 0.29) is 17.6 Å². The van der Waals surface area contributed by atoms with Gasteiger partial charge in [-0.1, -0.05) is 12.2 Å². The van der Waals surface area contributed by atoms with Crippen LogP contribution in [0.4, 0.5) is 5.69 Å². The van der Waals surface area contributed by atoms with Gasteiger partial charge in [-0.15, -0.1) is 0 Å². The topological polar surface area (TPSA) is 89.5 Å². The third kappa shape index (κ3) is 3.51. The van der Waals surface area contributed by atoms with Gasteiger partial charge in [-0.2, -0.15) is 0 Å². The summed E-state index contributed by atoms with van der Waals surface area (Å²) in [5, 5.41) is 10.6. The molecule has 0 aliphatic heterocycles. The van der Waals surface area contributed by atoms with E-state index in [1.165, 1.54) is 24.3 Å². The number of rotatable bonds is 6. The first-order valence-corrected chi connectivity index (χ1v) is 6.73. The van der Waals surface area contributed by atoms with E-state index < -0.39 is 4.92 Å². The average Bonchev–Trinajstić information content (AvgIpc) is 3.23. The van der Waals surface area contributed by atoms with Crippen molar-refractivity contribution in [2.24, 2.45) is 5.73 Å². The zero-order chi connectivity index (χ0) is 14.7. The Morgan fingerprint density at radius 1 is 1.40 bits per heavy atom. The number of nitrogens with zero attached hydrogens (tertiary/aromatic N) is 2. The third-order valence-corrected chi connectivity index (χ3v) is 3.38. The lowest BCUT2D eigenvalue weighted by molar-refractivity contribution is -0.384. The Balaban J connectivity index is 2.10. The van der Waals surface area contributed by atoms with E-state index in [1.807, 2.05) is 0 Å². The summed E-state index contributed by atoms with van der Waals surface area (Å²) in [5.74, 6) is -0.126. The number of hydrogen-bond donors (Lipinski definition) is 1. The van der Waals surface area contributed by atoms with E-state index in [0.29, 0.717) is 23.5 Å². The van der Waals surface area contributed by atoms with Crippen LogP contribution in [0.5, 0.6) is 0 Å². The molecule has 0 aromatic heterocycles. The number of hydrogen-bond acceptors (Lipinski definition) is 4. The number of nitrogens with two attached hydrogens (primary N) is 1. The number of carbonyl (C=O) groups excluding carboxylic acids is 1. The van der Waals surface area contributed by atoms with Gasteiger partial charge in [-0.05, 0) is 25.0 Å². The van der Waals surface area contributed by atoms with Crippen molar-refractivity contribution in [3.05, 3.63) is 39.9 Å². The van der Waals surface area contributed by atoms with E-state index in [1.54, 1.807) is 4.90 Å². The van der Waals surface area contributed by atoms with Gasteiger partial charge in [-0.25, -0.2) is 0 Å². The molecule has 0 saturated heterocycles. The molecule has 7 heteroatoms. The number of thiocarbonyl (C=S) groups is 1. The van der Waals surface area contributed by atoms with Gasteiger partial charge in [0.25, 0.3) is 11.6 Å². The maximum atomic E-state index is 12.4. The van der Waals surface area contributed by atoms with E-state index >= 15 is 0 Å². The Kier molecular flexibility index (Phi) is 4.29. The summed E-state index contributed by atoms with van der Waals surface area (Å²) in [4.78, 5) is 24.6. The molecule has 106 valence electrons. The average molecular weight is 293 g/mol. The first-order valence-electron chi connectivity index (χ1n) is 6.33. The minimum atomic E-state index is -0.486. The second kappa shape index (κ2) is 5.96. The molecular formula is C13H15N3O3S. The van der Waals surface area contributed by atoms with Crippen LogP contribution >= 0.6 is 12.2 Å². The summed E-state index contributed by atoms with van der Waals surface area (Å²) < 4.78 is 0. The van der Waals surface area contributed by atoms with E-state index in [4.69, 9.17) is 18.0 Å². The summed E-state index contributed by atoms with van der Waals surface area (Å²) in [6, 6.07) is 5.89. The molecule has 0 heterocycles. The molecular weight excluding hydrogens is 278 g/mol. The number of amides is 1.